The third-order valence-electron chi connectivity index (χ3n) is 2.67. The smallest absolute Gasteiger partial charge is 0.550 e. The van der Waals surface area contributed by atoms with Crippen LogP contribution in [-0.4, -0.2) is 69.8 Å². The maximum atomic E-state index is 10.3. The molecule has 0 amide bonds. The number of hydrogen-bond acceptors (Lipinski definition) is 8. The van der Waals surface area contributed by atoms with Gasteiger partial charge in [0.15, 0.2) is 6.29 Å². The van der Waals surface area contributed by atoms with E-state index in [2.05, 4.69) is 0 Å². The first-order valence-corrected chi connectivity index (χ1v) is 5.52. The van der Waals surface area contributed by atoms with Crippen molar-refractivity contribution in [2.24, 2.45) is 0 Å². The molecule has 106 valence electrons. The summed E-state index contributed by atoms with van der Waals surface area (Å²) in [4.78, 5) is 10.3. The van der Waals surface area contributed by atoms with Crippen molar-refractivity contribution in [3.8, 4) is 0 Å². The molecular formula is C10H17KO8. The van der Waals surface area contributed by atoms with Gasteiger partial charge in [-0.05, 0) is 6.92 Å². The molecule has 19 heavy (non-hydrogen) atoms. The van der Waals surface area contributed by atoms with Crippen molar-refractivity contribution < 1.29 is 91.2 Å². The second-order valence-electron chi connectivity index (χ2n) is 4.22. The number of rotatable bonds is 5. The molecule has 1 heterocycles. The quantitative estimate of drug-likeness (QED) is 0.368. The molecule has 1 fully saturated rings. The molecule has 0 aromatic heterocycles. The standard InChI is InChI=1S/C10H18O8.K/c1-4(2-6(12)13)17-10-9(16)8(15)7(14)5(3-11)18-10;/h4-5,7-11,14-16H,2-3H2,1H3,(H,12,13);/q;+1/p-1/t4?,5-,7-,8+,9-,10+;/m1./s1. The molecule has 0 radical (unpaired) electrons. The summed E-state index contributed by atoms with van der Waals surface area (Å²) in [6.07, 6.45) is -8.17. The second-order valence-corrected chi connectivity index (χ2v) is 4.22. The Hall–Kier alpha value is 0.866. The monoisotopic (exact) mass is 304 g/mol. The summed E-state index contributed by atoms with van der Waals surface area (Å²) in [5.41, 5.74) is 0. The number of carbonyl (C=O) groups is 1. The molecule has 1 rings (SSSR count). The summed E-state index contributed by atoms with van der Waals surface area (Å²) >= 11 is 0. The van der Waals surface area contributed by atoms with E-state index in [1.54, 1.807) is 0 Å². The van der Waals surface area contributed by atoms with Crippen molar-refractivity contribution in [3.05, 3.63) is 0 Å². The molecule has 0 aromatic rings. The normalized spacial score (nSPS) is 36.4. The van der Waals surface area contributed by atoms with Crippen molar-refractivity contribution in [1.29, 1.82) is 0 Å². The second kappa shape index (κ2) is 9.00. The maximum absolute atomic E-state index is 10.3. The number of carboxylic acid groups (broad SMARTS) is 1. The molecule has 9 heteroatoms. The van der Waals surface area contributed by atoms with Gasteiger partial charge >= 0.3 is 51.4 Å². The van der Waals surface area contributed by atoms with Crippen LogP contribution in [0.3, 0.4) is 0 Å². The van der Waals surface area contributed by atoms with Gasteiger partial charge in [-0.3, -0.25) is 0 Å². The topological polar surface area (TPSA) is 140 Å². The van der Waals surface area contributed by atoms with Crippen molar-refractivity contribution >= 4 is 5.97 Å². The maximum Gasteiger partial charge on any atom is 1.00 e. The van der Waals surface area contributed by atoms with Crippen LogP contribution in [0.2, 0.25) is 0 Å². The predicted octanol–water partition coefficient (Wildman–Crippen LogP) is -6.66. The molecular weight excluding hydrogens is 287 g/mol. The summed E-state index contributed by atoms with van der Waals surface area (Å²) in [5.74, 6) is -1.33. The number of hydrogen-bond donors (Lipinski definition) is 4. The number of ether oxygens (including phenoxy) is 2. The molecule has 0 aliphatic carbocycles. The zero-order chi connectivity index (χ0) is 13.9. The number of carboxylic acids is 1. The molecule has 0 spiro atoms. The van der Waals surface area contributed by atoms with Crippen LogP contribution in [0.1, 0.15) is 13.3 Å². The fourth-order valence-corrected chi connectivity index (χ4v) is 1.69. The van der Waals surface area contributed by atoms with E-state index in [4.69, 9.17) is 14.6 Å². The van der Waals surface area contributed by atoms with Gasteiger partial charge in [0.25, 0.3) is 0 Å². The van der Waals surface area contributed by atoms with Gasteiger partial charge in [-0.2, -0.15) is 0 Å². The number of aliphatic hydroxyl groups excluding tert-OH is 4. The Kier molecular flexibility index (Phi) is 9.41. The molecule has 1 saturated heterocycles. The molecule has 1 aliphatic rings. The van der Waals surface area contributed by atoms with Gasteiger partial charge < -0.3 is 39.8 Å². The first-order valence-electron chi connectivity index (χ1n) is 5.52. The first kappa shape index (κ1) is 19.9. The predicted molar refractivity (Wildman–Crippen MR) is 53.9 cm³/mol. The fourth-order valence-electron chi connectivity index (χ4n) is 1.69. The van der Waals surface area contributed by atoms with Gasteiger partial charge in [-0.1, -0.05) is 0 Å². The molecule has 6 atom stereocenters. The van der Waals surface area contributed by atoms with Crippen molar-refractivity contribution in [2.75, 3.05) is 6.61 Å². The Morgan fingerprint density at radius 1 is 1.32 bits per heavy atom. The fraction of sp³-hybridized carbons (Fsp3) is 0.900. The third-order valence-corrected chi connectivity index (χ3v) is 2.67. The Balaban J connectivity index is 0.00000324. The van der Waals surface area contributed by atoms with Crippen LogP contribution in [0, 0.1) is 0 Å². The minimum absolute atomic E-state index is 0. The zero-order valence-corrected chi connectivity index (χ0v) is 13.9. The minimum Gasteiger partial charge on any atom is -0.550 e. The van der Waals surface area contributed by atoms with Crippen LogP contribution in [0.25, 0.3) is 0 Å². The van der Waals surface area contributed by atoms with Crippen molar-refractivity contribution in [1.82, 2.24) is 0 Å². The van der Waals surface area contributed by atoms with Gasteiger partial charge in [0.05, 0.1) is 12.7 Å². The van der Waals surface area contributed by atoms with E-state index in [-0.39, 0.29) is 51.4 Å². The molecule has 0 aromatic carbocycles. The van der Waals surface area contributed by atoms with E-state index >= 15 is 0 Å². The van der Waals surface area contributed by atoms with Crippen LogP contribution in [0.15, 0.2) is 0 Å². The SMILES string of the molecule is CC(CC(=O)[O-])O[C@H]1O[C@H](CO)[C@@H](O)[C@H](O)[C@H]1O.[K+]. The van der Waals surface area contributed by atoms with Crippen LogP contribution in [0.5, 0.6) is 0 Å². The van der Waals surface area contributed by atoms with E-state index in [0.717, 1.165) is 0 Å². The summed E-state index contributed by atoms with van der Waals surface area (Å²) in [6.45, 7) is 0.858. The van der Waals surface area contributed by atoms with E-state index < -0.39 is 55.8 Å². The Morgan fingerprint density at radius 3 is 2.37 bits per heavy atom. The Labute approximate surface area is 152 Å². The molecule has 1 unspecified atom stereocenters. The van der Waals surface area contributed by atoms with Gasteiger partial charge in [0.2, 0.25) is 0 Å². The molecule has 8 nitrogen and oxygen atoms in total. The molecule has 4 N–H and O–H groups in total. The Bertz CT molecular complexity index is 287. The zero-order valence-electron chi connectivity index (χ0n) is 10.8. The van der Waals surface area contributed by atoms with Gasteiger partial charge in [0, 0.05) is 12.4 Å². The van der Waals surface area contributed by atoms with E-state index in [1.807, 2.05) is 0 Å². The van der Waals surface area contributed by atoms with E-state index in [9.17, 15) is 25.2 Å². The Morgan fingerprint density at radius 2 is 1.89 bits per heavy atom. The van der Waals surface area contributed by atoms with Gasteiger partial charge in [0.1, 0.15) is 24.4 Å². The molecule has 0 bridgehead atoms. The summed E-state index contributed by atoms with van der Waals surface area (Å²) < 4.78 is 10.1. The average Bonchev–Trinajstić information content (AvgIpc) is 2.29. The van der Waals surface area contributed by atoms with Crippen LogP contribution in [-0.2, 0) is 14.3 Å². The minimum atomic E-state index is -1.55. The summed E-state index contributed by atoms with van der Waals surface area (Å²) in [5, 5.41) is 47.8. The molecule has 1 aliphatic heterocycles. The first-order chi connectivity index (χ1) is 8.36. The number of aliphatic hydroxyl groups is 4. The van der Waals surface area contributed by atoms with E-state index in [1.165, 1.54) is 6.92 Å². The number of aliphatic carboxylic acids is 1. The van der Waals surface area contributed by atoms with Crippen LogP contribution < -0.4 is 56.5 Å². The summed E-state index contributed by atoms with van der Waals surface area (Å²) in [7, 11) is 0. The van der Waals surface area contributed by atoms with E-state index in [0.29, 0.717) is 0 Å². The van der Waals surface area contributed by atoms with Crippen molar-refractivity contribution in [3.63, 3.8) is 0 Å². The largest absolute Gasteiger partial charge is 1.00 e. The van der Waals surface area contributed by atoms with Crippen LogP contribution >= 0.6 is 0 Å². The molecule has 0 saturated carbocycles. The number of carbonyl (C=O) groups excluding carboxylic acids is 1. The van der Waals surface area contributed by atoms with Gasteiger partial charge in [-0.25, -0.2) is 0 Å². The van der Waals surface area contributed by atoms with Crippen molar-refractivity contribution in [2.45, 2.75) is 50.2 Å². The summed E-state index contributed by atoms with van der Waals surface area (Å²) in [6, 6.07) is 0. The third kappa shape index (κ3) is 5.63. The van der Waals surface area contributed by atoms with Crippen LogP contribution in [0.4, 0.5) is 0 Å². The van der Waals surface area contributed by atoms with Gasteiger partial charge in [-0.15, -0.1) is 0 Å². The average molecular weight is 304 g/mol.